The maximum atomic E-state index is 13.8. The SMILES string of the molecule is COc1ccc(S(=O)(=O)N(C)Cc2ccc(C(C)C)cc2)cc1F. The third-order valence-corrected chi connectivity index (χ3v) is 5.68. The predicted octanol–water partition coefficient (Wildman–Crippen LogP) is 3.78. The Morgan fingerprint density at radius 3 is 2.25 bits per heavy atom. The summed E-state index contributed by atoms with van der Waals surface area (Å²) >= 11 is 0. The molecule has 6 heteroatoms. The van der Waals surface area contributed by atoms with Gasteiger partial charge >= 0.3 is 0 Å². The first-order valence-electron chi connectivity index (χ1n) is 7.64. The van der Waals surface area contributed by atoms with Crippen LogP contribution in [-0.4, -0.2) is 26.9 Å². The summed E-state index contributed by atoms with van der Waals surface area (Å²) in [6.07, 6.45) is 0. The highest BCUT2D eigenvalue weighted by molar-refractivity contribution is 7.89. The van der Waals surface area contributed by atoms with Crippen LogP contribution in [0.5, 0.6) is 5.75 Å². The number of nitrogens with zero attached hydrogens (tertiary/aromatic N) is 1. The smallest absolute Gasteiger partial charge is 0.243 e. The van der Waals surface area contributed by atoms with E-state index in [0.29, 0.717) is 5.92 Å². The molecule has 0 heterocycles. The van der Waals surface area contributed by atoms with Crippen molar-refractivity contribution in [2.75, 3.05) is 14.2 Å². The molecule has 0 atom stereocenters. The summed E-state index contributed by atoms with van der Waals surface area (Å²) in [5, 5.41) is 0. The van der Waals surface area contributed by atoms with E-state index in [1.165, 1.54) is 36.2 Å². The van der Waals surface area contributed by atoms with Crippen LogP contribution in [0.4, 0.5) is 4.39 Å². The van der Waals surface area contributed by atoms with Crippen molar-refractivity contribution in [2.45, 2.75) is 31.2 Å². The molecule has 0 spiro atoms. The highest BCUT2D eigenvalue weighted by Crippen LogP contribution is 2.24. The molecule has 0 aromatic heterocycles. The Balaban J connectivity index is 2.21. The van der Waals surface area contributed by atoms with Crippen LogP contribution in [0.15, 0.2) is 47.4 Å². The molecular weight excluding hydrogens is 329 g/mol. The molecule has 24 heavy (non-hydrogen) atoms. The van der Waals surface area contributed by atoms with Crippen molar-refractivity contribution in [1.82, 2.24) is 4.31 Å². The quantitative estimate of drug-likeness (QED) is 0.796. The summed E-state index contributed by atoms with van der Waals surface area (Å²) in [6, 6.07) is 11.4. The van der Waals surface area contributed by atoms with Gasteiger partial charge in [-0.1, -0.05) is 38.1 Å². The van der Waals surface area contributed by atoms with Crippen LogP contribution in [0.3, 0.4) is 0 Å². The summed E-state index contributed by atoms with van der Waals surface area (Å²) < 4.78 is 45.0. The molecule has 4 nitrogen and oxygen atoms in total. The Kier molecular flexibility index (Phi) is 5.62. The van der Waals surface area contributed by atoms with Crippen LogP contribution in [0, 0.1) is 5.82 Å². The van der Waals surface area contributed by atoms with Crippen LogP contribution in [0.2, 0.25) is 0 Å². The fourth-order valence-electron chi connectivity index (χ4n) is 2.34. The third kappa shape index (κ3) is 3.94. The molecule has 0 N–H and O–H groups in total. The van der Waals surface area contributed by atoms with Crippen LogP contribution in [0.25, 0.3) is 0 Å². The first-order valence-corrected chi connectivity index (χ1v) is 9.08. The van der Waals surface area contributed by atoms with Crippen molar-refractivity contribution in [2.24, 2.45) is 0 Å². The molecule has 2 rings (SSSR count). The zero-order valence-electron chi connectivity index (χ0n) is 14.3. The lowest BCUT2D eigenvalue weighted by Crippen LogP contribution is -2.26. The summed E-state index contributed by atoms with van der Waals surface area (Å²) in [5.41, 5.74) is 2.07. The molecular formula is C18H22FNO3S. The van der Waals surface area contributed by atoms with E-state index >= 15 is 0 Å². The van der Waals surface area contributed by atoms with Gasteiger partial charge in [0.2, 0.25) is 10.0 Å². The van der Waals surface area contributed by atoms with E-state index in [2.05, 4.69) is 13.8 Å². The Morgan fingerprint density at radius 1 is 1.12 bits per heavy atom. The Bertz CT molecular complexity index is 802. The third-order valence-electron chi connectivity index (χ3n) is 3.88. The van der Waals surface area contributed by atoms with Gasteiger partial charge in [0.05, 0.1) is 12.0 Å². The fraction of sp³-hybridized carbons (Fsp3) is 0.333. The lowest BCUT2D eigenvalue weighted by atomic mass is 10.0. The van der Waals surface area contributed by atoms with Crippen molar-refractivity contribution < 1.29 is 17.5 Å². The van der Waals surface area contributed by atoms with Crippen LogP contribution in [0.1, 0.15) is 30.9 Å². The van der Waals surface area contributed by atoms with Gasteiger partial charge in [0, 0.05) is 13.6 Å². The van der Waals surface area contributed by atoms with E-state index in [9.17, 15) is 12.8 Å². The molecule has 0 aliphatic heterocycles. The highest BCUT2D eigenvalue weighted by Gasteiger charge is 2.22. The van der Waals surface area contributed by atoms with Crippen LogP contribution in [-0.2, 0) is 16.6 Å². The number of methoxy groups -OCH3 is 1. The topological polar surface area (TPSA) is 46.6 Å². The summed E-state index contributed by atoms with van der Waals surface area (Å²) in [4.78, 5) is -0.0953. The minimum Gasteiger partial charge on any atom is -0.494 e. The molecule has 2 aromatic carbocycles. The van der Waals surface area contributed by atoms with Crippen LogP contribution < -0.4 is 4.74 Å². The summed E-state index contributed by atoms with van der Waals surface area (Å²) in [6.45, 7) is 4.42. The highest BCUT2D eigenvalue weighted by atomic mass is 32.2. The van der Waals surface area contributed by atoms with E-state index in [4.69, 9.17) is 4.74 Å². The molecule has 0 aliphatic rings. The monoisotopic (exact) mass is 351 g/mol. The number of halogens is 1. The number of hydrogen-bond acceptors (Lipinski definition) is 3. The van der Waals surface area contributed by atoms with Gasteiger partial charge in [-0.2, -0.15) is 4.31 Å². The van der Waals surface area contributed by atoms with Gasteiger partial charge in [0.15, 0.2) is 11.6 Å². The van der Waals surface area contributed by atoms with Gasteiger partial charge in [-0.25, -0.2) is 12.8 Å². The molecule has 0 aliphatic carbocycles. The van der Waals surface area contributed by atoms with E-state index in [1.807, 2.05) is 24.3 Å². The zero-order valence-corrected chi connectivity index (χ0v) is 15.1. The molecule has 0 fully saturated rings. The van der Waals surface area contributed by atoms with E-state index in [1.54, 1.807) is 0 Å². The maximum Gasteiger partial charge on any atom is 0.243 e. The normalized spacial score (nSPS) is 12.0. The van der Waals surface area contributed by atoms with Gasteiger partial charge in [0.1, 0.15) is 0 Å². The second-order valence-electron chi connectivity index (χ2n) is 5.95. The number of hydrogen-bond donors (Lipinski definition) is 0. The van der Waals surface area contributed by atoms with E-state index in [0.717, 1.165) is 11.6 Å². The van der Waals surface area contributed by atoms with Crippen molar-refractivity contribution >= 4 is 10.0 Å². The average Bonchev–Trinajstić information content (AvgIpc) is 2.55. The second-order valence-corrected chi connectivity index (χ2v) is 8.00. The number of ether oxygens (including phenoxy) is 1. The molecule has 0 radical (unpaired) electrons. The van der Waals surface area contributed by atoms with Crippen LogP contribution >= 0.6 is 0 Å². The van der Waals surface area contributed by atoms with Gasteiger partial charge in [-0.3, -0.25) is 0 Å². The van der Waals surface area contributed by atoms with Crippen molar-refractivity contribution in [3.8, 4) is 5.75 Å². The zero-order chi connectivity index (χ0) is 17.9. The van der Waals surface area contributed by atoms with Gasteiger partial charge < -0.3 is 4.74 Å². The number of sulfonamides is 1. The molecule has 0 saturated heterocycles. The first kappa shape index (κ1) is 18.4. The molecule has 0 bridgehead atoms. The van der Waals surface area contributed by atoms with Crippen molar-refractivity contribution in [3.05, 3.63) is 59.4 Å². The van der Waals surface area contributed by atoms with Crippen molar-refractivity contribution in [1.29, 1.82) is 0 Å². The largest absolute Gasteiger partial charge is 0.494 e. The van der Waals surface area contributed by atoms with E-state index < -0.39 is 15.8 Å². The standard InChI is InChI=1S/C18H22FNO3S/c1-13(2)15-7-5-14(6-8-15)12-20(3)24(21,22)16-9-10-18(23-4)17(19)11-16/h5-11,13H,12H2,1-4H3. The molecule has 0 amide bonds. The number of benzene rings is 2. The average molecular weight is 351 g/mol. The predicted molar refractivity (Wildman–Crippen MR) is 92.1 cm³/mol. The Hall–Kier alpha value is -1.92. The lowest BCUT2D eigenvalue weighted by molar-refractivity contribution is 0.385. The second kappa shape index (κ2) is 7.32. The summed E-state index contributed by atoms with van der Waals surface area (Å²) in [7, 11) is -0.960. The first-order chi connectivity index (χ1) is 11.3. The Labute approximate surface area is 142 Å². The van der Waals surface area contributed by atoms with Gasteiger partial charge in [-0.15, -0.1) is 0 Å². The number of rotatable bonds is 6. The molecule has 0 saturated carbocycles. The fourth-order valence-corrected chi connectivity index (χ4v) is 3.51. The minimum atomic E-state index is -3.77. The molecule has 0 unspecified atom stereocenters. The van der Waals surface area contributed by atoms with Crippen molar-refractivity contribution in [3.63, 3.8) is 0 Å². The maximum absolute atomic E-state index is 13.8. The minimum absolute atomic E-state index is 0.0147. The van der Waals surface area contributed by atoms with E-state index in [-0.39, 0.29) is 17.2 Å². The molecule has 2 aromatic rings. The van der Waals surface area contributed by atoms with Gasteiger partial charge in [0.25, 0.3) is 0 Å². The van der Waals surface area contributed by atoms with Gasteiger partial charge in [-0.05, 0) is 35.2 Å². The molecule has 130 valence electrons. The lowest BCUT2D eigenvalue weighted by Gasteiger charge is -2.18. The Morgan fingerprint density at radius 2 is 1.75 bits per heavy atom. The summed E-state index contributed by atoms with van der Waals surface area (Å²) in [5.74, 6) is -0.267.